The van der Waals surface area contributed by atoms with E-state index in [4.69, 9.17) is 22.9 Å². The van der Waals surface area contributed by atoms with Gasteiger partial charge in [0, 0.05) is 37.6 Å². The molecule has 2 aliphatic heterocycles. The van der Waals surface area contributed by atoms with E-state index in [0.717, 1.165) is 0 Å². The van der Waals surface area contributed by atoms with Gasteiger partial charge >= 0.3 is 5.97 Å². The zero-order valence-corrected chi connectivity index (χ0v) is 57.0. The quantitative estimate of drug-likeness (QED) is 0.0126. The zero-order chi connectivity index (χ0) is 71.8. The Bertz CT molecular complexity index is 2820. The number of rotatable bonds is 42. The topological polar surface area (TPSA) is 526 Å². The van der Waals surface area contributed by atoms with Crippen LogP contribution in [0.2, 0.25) is 0 Å². The Labute approximate surface area is 570 Å². The highest BCUT2D eigenvalue weighted by Gasteiger charge is 2.45. The zero-order valence-electron chi connectivity index (χ0n) is 55.2. The number of hydrogen-bond donors (Lipinski definition) is 19. The molecule has 2 saturated heterocycles. The molecule has 538 valence electrons. The lowest BCUT2D eigenvalue weighted by molar-refractivity contribution is -0.148. The van der Waals surface area contributed by atoms with E-state index in [0.29, 0.717) is 44.1 Å². The summed E-state index contributed by atoms with van der Waals surface area (Å²) in [5.41, 5.74) is 22.8. The number of amides is 12. The number of aliphatic hydroxyl groups is 2. The second kappa shape index (κ2) is 42.6. The highest BCUT2D eigenvalue weighted by atomic mass is 32.1. The van der Waals surface area contributed by atoms with Crippen molar-refractivity contribution in [3.05, 3.63) is 35.9 Å². The van der Waals surface area contributed by atoms with Crippen LogP contribution in [-0.2, 0) is 68.7 Å². The predicted molar refractivity (Wildman–Crippen MR) is 360 cm³/mol. The van der Waals surface area contributed by atoms with E-state index in [-0.39, 0.29) is 95.0 Å². The van der Waals surface area contributed by atoms with Crippen LogP contribution >= 0.6 is 25.3 Å². The predicted octanol–water partition coefficient (Wildman–Crippen LogP) is -5.23. The molecule has 1 aromatic carbocycles. The Morgan fingerprint density at radius 1 is 0.615 bits per heavy atom. The number of carbonyl (C=O) groups excluding carboxylic acids is 12. The van der Waals surface area contributed by atoms with Gasteiger partial charge in [-0.3, -0.25) is 62.5 Å². The van der Waals surface area contributed by atoms with Crippen LogP contribution in [0.3, 0.4) is 0 Å². The molecule has 14 atom stereocenters. The maximum Gasteiger partial charge on any atom is 0.326 e. The number of nitrogens with zero attached hydrogens (tertiary/aromatic N) is 3. The van der Waals surface area contributed by atoms with Gasteiger partial charge in [-0.2, -0.15) is 25.3 Å². The largest absolute Gasteiger partial charge is 0.480 e. The van der Waals surface area contributed by atoms with E-state index in [2.05, 4.69) is 83.4 Å². The summed E-state index contributed by atoms with van der Waals surface area (Å²) in [6.45, 7) is 6.70. The lowest BCUT2D eigenvalue weighted by Gasteiger charge is -2.34. The summed E-state index contributed by atoms with van der Waals surface area (Å²) in [6.07, 6.45) is 1.64. The summed E-state index contributed by atoms with van der Waals surface area (Å²) in [4.78, 5) is 184. The molecule has 0 radical (unpaired) electrons. The molecule has 21 N–H and O–H groups in total. The van der Waals surface area contributed by atoms with Crippen molar-refractivity contribution >= 4 is 108 Å². The average molecular weight is 1390 g/mol. The number of aliphatic hydroxyl groups excluding tert-OH is 2. The van der Waals surface area contributed by atoms with Gasteiger partial charge in [-0.05, 0) is 96.1 Å². The lowest BCUT2D eigenvalue weighted by Crippen LogP contribution is -2.62. The van der Waals surface area contributed by atoms with Gasteiger partial charge in [-0.1, -0.05) is 70.4 Å². The fourth-order valence-corrected chi connectivity index (χ4v) is 11.0. The molecule has 0 unspecified atom stereocenters. The molecule has 2 aliphatic rings. The standard InChI is InChI=1S/C61H101N17O16S2/c1-6-8-19-40(58(91)78-27-16-23-45(78)59(92)77-26-15-22-44(77)55(88)75-47(33(3)7-2)56(89)74-43(32-96)54(87)72-41(60(93)94)28-36-17-10-9-11-18-36)71-53(86)42(30-79)73-52(85)39(20-12-13-24-62)70-57(90)48(35(5)80)76-49(82)34(4)68-51(84)38(21-14-25-66-61(64)65)69-46(81)29-67-50(83)37(63)31-95/h9-11,17-18,33-35,37-45,47-48,79-80,95-96H,6-8,12-16,19-32,62-63H2,1-5H3,(H,67,83)(H,68,84)(H,69,81)(H,70,90)(H,71,86)(H,72,87)(H,73,85)(H,74,89)(H,75,88)(H,76,82)(H,93,94)(H4,64,65,66)/t33-,34-,35+,37-,38-,39-,40-,41-,42-,43-,44-,45-,47-,48-/m0/s1. The minimum absolute atomic E-state index is 0.00639. The summed E-state index contributed by atoms with van der Waals surface area (Å²) >= 11 is 8.21. The van der Waals surface area contributed by atoms with Crippen LogP contribution in [0.25, 0.3) is 0 Å². The maximum atomic E-state index is 14.6. The lowest BCUT2D eigenvalue weighted by atomic mass is 9.97. The second-order valence-corrected chi connectivity index (χ2v) is 24.6. The molecule has 1 aromatic rings. The summed E-state index contributed by atoms with van der Waals surface area (Å²) in [7, 11) is 0. The third-order valence-corrected chi connectivity index (χ3v) is 17.1. The van der Waals surface area contributed by atoms with Crippen LogP contribution in [0, 0.1) is 5.92 Å². The minimum Gasteiger partial charge on any atom is -0.480 e. The molecule has 0 saturated carbocycles. The van der Waals surface area contributed by atoms with E-state index < -0.39 is 175 Å². The monoisotopic (exact) mass is 1390 g/mol. The van der Waals surface area contributed by atoms with Gasteiger partial charge in [-0.15, -0.1) is 0 Å². The van der Waals surface area contributed by atoms with Crippen LogP contribution in [0.4, 0.5) is 0 Å². The molecular formula is C61H101N17O16S2. The van der Waals surface area contributed by atoms with E-state index in [1.54, 1.807) is 44.2 Å². The molecule has 0 aliphatic carbocycles. The highest BCUT2D eigenvalue weighted by Crippen LogP contribution is 2.27. The number of carboxylic acids is 1. The normalized spacial score (nSPS) is 18.1. The van der Waals surface area contributed by atoms with Gasteiger partial charge in [0.2, 0.25) is 70.9 Å². The molecule has 0 spiro atoms. The number of unbranched alkanes of at least 4 members (excludes halogenated alkanes) is 2. The van der Waals surface area contributed by atoms with Crippen LogP contribution in [-0.4, -0.2) is 237 Å². The number of aliphatic imine (C=N–C) groups is 1. The SMILES string of the molecule is CCCC[C@H](NC(=O)[C@H](CO)NC(=O)[C@H](CCCCN)NC(=O)[C@@H](NC(=O)[C@H](C)NC(=O)[C@H](CCCN=C(N)N)NC(=O)CNC(=O)[C@@H](N)CS)[C@@H](C)O)C(=O)N1CCC[C@H]1C(=O)N1CCC[C@H]1C(=O)N[C@H](C(=O)N[C@@H](CS)C(=O)N[C@@H](Cc1ccccc1)C(=O)O)[C@@H](C)CC. The summed E-state index contributed by atoms with van der Waals surface area (Å²) < 4.78 is 0. The van der Waals surface area contributed by atoms with Gasteiger partial charge in [-0.25, -0.2) is 4.79 Å². The summed E-state index contributed by atoms with van der Waals surface area (Å²) in [5.74, 6) is -12.0. The van der Waals surface area contributed by atoms with E-state index in [1.807, 2.05) is 6.92 Å². The smallest absolute Gasteiger partial charge is 0.326 e. The van der Waals surface area contributed by atoms with E-state index >= 15 is 0 Å². The number of likely N-dealkylation sites (tertiary alicyclic amines) is 2. The first-order valence-electron chi connectivity index (χ1n) is 32.5. The van der Waals surface area contributed by atoms with Gasteiger partial charge in [0.15, 0.2) is 5.96 Å². The number of thiol groups is 2. The number of carbonyl (C=O) groups is 13. The summed E-state index contributed by atoms with van der Waals surface area (Å²) in [6, 6.07) is -7.27. The molecule has 2 heterocycles. The highest BCUT2D eigenvalue weighted by molar-refractivity contribution is 7.80. The van der Waals surface area contributed by atoms with Gasteiger partial charge in [0.1, 0.15) is 66.5 Å². The Kier molecular flexibility index (Phi) is 36.6. The molecule has 35 heteroatoms. The first-order chi connectivity index (χ1) is 45.6. The number of guanidine groups is 1. The minimum atomic E-state index is -1.75. The number of nitrogens with two attached hydrogens (primary N) is 4. The number of aliphatic carboxylic acids is 1. The molecule has 12 amide bonds. The van der Waals surface area contributed by atoms with E-state index in [9.17, 15) is 77.6 Å². The Morgan fingerprint density at radius 2 is 1.17 bits per heavy atom. The Morgan fingerprint density at radius 3 is 1.76 bits per heavy atom. The Hall–Kier alpha value is -7.86. The number of benzene rings is 1. The van der Waals surface area contributed by atoms with Crippen LogP contribution < -0.4 is 76.1 Å². The molecule has 0 aromatic heterocycles. The van der Waals surface area contributed by atoms with Crippen molar-refractivity contribution < 1.29 is 77.6 Å². The van der Waals surface area contributed by atoms with Gasteiger partial charge in [0.25, 0.3) is 0 Å². The van der Waals surface area contributed by atoms with Crippen LogP contribution in [0.5, 0.6) is 0 Å². The number of carboxylic acid groups (broad SMARTS) is 1. The van der Waals surface area contributed by atoms with Crippen molar-refractivity contribution in [1.82, 2.24) is 63.0 Å². The number of nitrogens with one attached hydrogen (secondary N) is 10. The molecule has 0 bridgehead atoms. The van der Waals surface area contributed by atoms with Crippen LogP contribution in [0.1, 0.15) is 124 Å². The molecule has 33 nitrogen and oxygen atoms in total. The van der Waals surface area contributed by atoms with Crippen molar-refractivity contribution in [3.8, 4) is 0 Å². The van der Waals surface area contributed by atoms with Crippen molar-refractivity contribution in [2.45, 2.75) is 203 Å². The fourth-order valence-electron chi connectivity index (χ4n) is 10.6. The van der Waals surface area contributed by atoms with Gasteiger partial charge in [0.05, 0.1) is 25.3 Å². The van der Waals surface area contributed by atoms with Crippen molar-refractivity contribution in [2.75, 3.05) is 50.8 Å². The van der Waals surface area contributed by atoms with E-state index in [1.165, 1.54) is 23.6 Å². The van der Waals surface area contributed by atoms with Crippen molar-refractivity contribution in [1.29, 1.82) is 0 Å². The molecule has 2 fully saturated rings. The molecule has 96 heavy (non-hydrogen) atoms. The van der Waals surface area contributed by atoms with Crippen molar-refractivity contribution in [3.63, 3.8) is 0 Å². The maximum absolute atomic E-state index is 14.6. The Balaban J connectivity index is 1.75. The third kappa shape index (κ3) is 26.6. The average Bonchev–Trinajstić information content (AvgIpc) is 1.63. The number of hydrogen-bond acceptors (Lipinski definition) is 20. The van der Waals surface area contributed by atoms with Crippen molar-refractivity contribution in [2.24, 2.45) is 33.8 Å². The first kappa shape index (κ1) is 82.4. The summed E-state index contributed by atoms with van der Waals surface area (Å²) in [5, 5.41) is 56.2. The van der Waals surface area contributed by atoms with Gasteiger partial charge < -0.3 is 101 Å². The molecule has 3 rings (SSSR count). The second-order valence-electron chi connectivity index (χ2n) is 23.9. The fraction of sp³-hybridized carbons (Fsp3) is 0.672. The third-order valence-electron chi connectivity index (χ3n) is 16.4. The first-order valence-corrected chi connectivity index (χ1v) is 33.7. The van der Waals surface area contributed by atoms with Crippen LogP contribution in [0.15, 0.2) is 35.3 Å². The molecular weight excluding hydrogens is 1290 g/mol.